The Bertz CT molecular complexity index is 1180. The quantitative estimate of drug-likeness (QED) is 0.590. The van der Waals surface area contributed by atoms with Crippen LogP contribution in [0.3, 0.4) is 0 Å². The van der Waals surface area contributed by atoms with Crippen LogP contribution in [-0.2, 0) is 6.42 Å². The minimum atomic E-state index is -0.555. The zero-order valence-electron chi connectivity index (χ0n) is 19.2. The van der Waals surface area contributed by atoms with Crippen LogP contribution in [0.1, 0.15) is 62.7 Å². The molecule has 1 aliphatic heterocycles. The number of amides is 1. The normalized spacial score (nSPS) is 22.8. The summed E-state index contributed by atoms with van der Waals surface area (Å²) >= 11 is 0. The first-order chi connectivity index (χ1) is 16.5. The predicted molar refractivity (Wildman–Crippen MR) is 123 cm³/mol. The molecule has 1 amide bonds. The molecule has 2 fully saturated rings. The first-order valence-corrected chi connectivity index (χ1v) is 11.9. The molecule has 2 N–H and O–H groups in total. The summed E-state index contributed by atoms with van der Waals surface area (Å²) in [5.74, 6) is 0.647. The van der Waals surface area contributed by atoms with Crippen molar-refractivity contribution in [2.45, 2.75) is 70.1 Å². The van der Waals surface area contributed by atoms with E-state index in [2.05, 4.69) is 20.3 Å². The first kappa shape index (κ1) is 22.5. The molecule has 5 rings (SSSR count). The number of nitrogens with one attached hydrogen (secondary N) is 1. The molecule has 180 valence electrons. The van der Waals surface area contributed by atoms with Crippen LogP contribution >= 0.6 is 0 Å². The molecular formula is C24H29FN6O3. The van der Waals surface area contributed by atoms with E-state index >= 15 is 0 Å². The van der Waals surface area contributed by atoms with E-state index in [9.17, 15) is 14.3 Å². The molecule has 2 aliphatic rings. The highest BCUT2D eigenvalue weighted by atomic mass is 19.1. The Morgan fingerprint density at radius 1 is 1.26 bits per heavy atom. The lowest BCUT2D eigenvalue weighted by Gasteiger charge is -2.27. The predicted octanol–water partition coefficient (Wildman–Crippen LogP) is 3.56. The number of anilines is 1. The topological polar surface area (TPSA) is 105 Å². The fourth-order valence-electron chi connectivity index (χ4n) is 5.02. The zero-order valence-corrected chi connectivity index (χ0v) is 19.2. The van der Waals surface area contributed by atoms with Crippen molar-refractivity contribution in [1.29, 1.82) is 0 Å². The van der Waals surface area contributed by atoms with E-state index < -0.39 is 6.09 Å². The van der Waals surface area contributed by atoms with Gasteiger partial charge in [-0.1, -0.05) is 6.92 Å². The number of halogens is 1. The Balaban J connectivity index is 1.36. The number of fused-ring (bicyclic) bond motifs is 1. The van der Waals surface area contributed by atoms with Gasteiger partial charge in [0.2, 0.25) is 5.65 Å². The van der Waals surface area contributed by atoms with E-state index in [-0.39, 0.29) is 29.8 Å². The third kappa shape index (κ3) is 4.54. The molecule has 1 saturated heterocycles. The number of aromatic nitrogens is 4. The number of aryl methyl sites for hydroxylation is 1. The highest BCUT2D eigenvalue weighted by molar-refractivity contribution is 5.73. The second kappa shape index (κ2) is 9.54. The van der Waals surface area contributed by atoms with E-state index in [1.807, 2.05) is 13.0 Å². The smallest absolute Gasteiger partial charge is 0.405 e. The number of nitrogens with zero attached hydrogens (tertiary/aromatic N) is 5. The Morgan fingerprint density at radius 3 is 2.88 bits per heavy atom. The fourth-order valence-corrected chi connectivity index (χ4v) is 5.02. The number of hydrogen-bond donors (Lipinski definition) is 2. The van der Waals surface area contributed by atoms with Crippen molar-refractivity contribution in [2.24, 2.45) is 0 Å². The van der Waals surface area contributed by atoms with Gasteiger partial charge >= 0.3 is 6.09 Å². The third-order valence-electron chi connectivity index (χ3n) is 6.75. The van der Waals surface area contributed by atoms with Crippen LogP contribution in [0.2, 0.25) is 0 Å². The second-order valence-electron chi connectivity index (χ2n) is 9.00. The first-order valence-electron chi connectivity index (χ1n) is 11.9. The van der Waals surface area contributed by atoms with Gasteiger partial charge in [0, 0.05) is 24.5 Å². The van der Waals surface area contributed by atoms with Gasteiger partial charge in [-0.25, -0.2) is 18.7 Å². The summed E-state index contributed by atoms with van der Waals surface area (Å²) < 4.78 is 21.1. The SMILES string of the molecule is CCc1ncc(F)cc1[C@H]1CCCN1c1ccn2ncc(OC(=O)NC3CCC(O)CC3)c2n1. The van der Waals surface area contributed by atoms with Gasteiger partial charge in [-0.3, -0.25) is 4.98 Å². The molecule has 9 nitrogen and oxygen atoms in total. The van der Waals surface area contributed by atoms with Crippen molar-refractivity contribution in [3.05, 3.63) is 47.8 Å². The van der Waals surface area contributed by atoms with Gasteiger partial charge in [0.1, 0.15) is 11.6 Å². The Labute approximate surface area is 197 Å². The number of ether oxygens (including phenoxy) is 1. The maximum absolute atomic E-state index is 14.0. The number of aliphatic hydroxyl groups is 1. The van der Waals surface area contributed by atoms with Crippen LogP contribution in [0.4, 0.5) is 15.0 Å². The van der Waals surface area contributed by atoms with Gasteiger partial charge in [0.15, 0.2) is 5.75 Å². The number of carbonyl (C=O) groups excluding carboxylic acids is 1. The minimum absolute atomic E-state index is 0.0146. The van der Waals surface area contributed by atoms with E-state index in [0.29, 0.717) is 24.3 Å². The average Bonchev–Trinajstić information content (AvgIpc) is 3.48. The van der Waals surface area contributed by atoms with Gasteiger partial charge < -0.3 is 20.1 Å². The maximum Gasteiger partial charge on any atom is 0.413 e. The maximum atomic E-state index is 14.0. The van der Waals surface area contributed by atoms with Crippen LogP contribution in [0.15, 0.2) is 30.7 Å². The van der Waals surface area contributed by atoms with Crippen molar-refractivity contribution in [3.63, 3.8) is 0 Å². The lowest BCUT2D eigenvalue weighted by atomic mass is 9.93. The number of carbonyl (C=O) groups is 1. The summed E-state index contributed by atoms with van der Waals surface area (Å²) in [6.07, 6.45) is 9.03. The zero-order chi connectivity index (χ0) is 23.7. The molecule has 1 atom stereocenters. The van der Waals surface area contributed by atoms with Gasteiger partial charge in [0.05, 0.1) is 24.5 Å². The van der Waals surface area contributed by atoms with E-state index in [4.69, 9.17) is 9.72 Å². The van der Waals surface area contributed by atoms with Gasteiger partial charge in [0.25, 0.3) is 0 Å². The van der Waals surface area contributed by atoms with Crippen LogP contribution in [0.25, 0.3) is 5.65 Å². The highest BCUT2D eigenvalue weighted by Gasteiger charge is 2.30. The number of hydrogen-bond acceptors (Lipinski definition) is 7. The third-order valence-corrected chi connectivity index (χ3v) is 6.75. The molecule has 4 heterocycles. The summed E-state index contributed by atoms with van der Waals surface area (Å²) in [5, 5.41) is 16.8. The molecule has 1 saturated carbocycles. The molecule has 0 spiro atoms. The second-order valence-corrected chi connectivity index (χ2v) is 9.00. The van der Waals surface area contributed by atoms with Crippen LogP contribution in [0, 0.1) is 5.82 Å². The summed E-state index contributed by atoms with van der Waals surface area (Å²) in [4.78, 5) is 23.7. The molecule has 3 aromatic rings. The van der Waals surface area contributed by atoms with Crippen LogP contribution < -0.4 is 15.0 Å². The molecule has 34 heavy (non-hydrogen) atoms. The minimum Gasteiger partial charge on any atom is -0.405 e. The van der Waals surface area contributed by atoms with E-state index in [0.717, 1.165) is 49.9 Å². The average molecular weight is 469 g/mol. The van der Waals surface area contributed by atoms with Crippen molar-refractivity contribution in [3.8, 4) is 5.75 Å². The number of rotatable bonds is 5. The Hall–Kier alpha value is -3.27. The van der Waals surface area contributed by atoms with E-state index in [1.54, 1.807) is 16.8 Å². The highest BCUT2D eigenvalue weighted by Crippen LogP contribution is 2.37. The summed E-state index contributed by atoms with van der Waals surface area (Å²) in [5.41, 5.74) is 2.22. The number of aliphatic hydroxyl groups excluding tert-OH is 1. The molecule has 0 unspecified atom stereocenters. The molecule has 3 aromatic heterocycles. The summed E-state index contributed by atoms with van der Waals surface area (Å²) in [6.45, 7) is 2.80. The molecule has 10 heteroatoms. The van der Waals surface area contributed by atoms with Gasteiger partial charge in [-0.05, 0) is 62.6 Å². The lowest BCUT2D eigenvalue weighted by Crippen LogP contribution is -2.40. The molecule has 0 bridgehead atoms. The fraction of sp³-hybridized carbons (Fsp3) is 0.500. The molecule has 0 radical (unpaired) electrons. The lowest BCUT2D eigenvalue weighted by molar-refractivity contribution is 0.115. The number of pyridine rings is 1. The summed E-state index contributed by atoms with van der Waals surface area (Å²) in [7, 11) is 0. The largest absolute Gasteiger partial charge is 0.413 e. The van der Waals surface area contributed by atoms with Crippen molar-refractivity contribution < 1.29 is 19.0 Å². The van der Waals surface area contributed by atoms with Crippen molar-refractivity contribution in [2.75, 3.05) is 11.4 Å². The van der Waals surface area contributed by atoms with Crippen LogP contribution in [-0.4, -0.2) is 49.5 Å². The van der Waals surface area contributed by atoms with Crippen molar-refractivity contribution >= 4 is 17.6 Å². The van der Waals surface area contributed by atoms with E-state index in [1.165, 1.54) is 12.4 Å². The molecule has 0 aromatic carbocycles. The molecular weight excluding hydrogens is 439 g/mol. The molecule has 1 aliphatic carbocycles. The standard InChI is InChI=1S/C24H29FN6O3/c1-2-19-18(12-15(25)13-26-19)20-4-3-10-30(20)22-9-11-31-23(29-22)21(14-27-31)34-24(33)28-16-5-7-17(32)8-6-16/h9,11-14,16-17,20,32H,2-8,10H2,1H3,(H,28,33)/t16?,17?,20-/m1/s1. The van der Waals surface area contributed by atoms with Gasteiger partial charge in [-0.2, -0.15) is 5.10 Å². The van der Waals surface area contributed by atoms with Crippen molar-refractivity contribution in [1.82, 2.24) is 24.9 Å². The van der Waals surface area contributed by atoms with Crippen LogP contribution in [0.5, 0.6) is 5.75 Å². The van der Waals surface area contributed by atoms with Gasteiger partial charge in [-0.15, -0.1) is 0 Å². The summed E-state index contributed by atoms with van der Waals surface area (Å²) in [6, 6.07) is 3.41. The Morgan fingerprint density at radius 2 is 2.09 bits per heavy atom. The Kier molecular flexibility index (Phi) is 6.32. The monoisotopic (exact) mass is 468 g/mol.